The van der Waals surface area contributed by atoms with E-state index in [1.807, 2.05) is 0 Å². The van der Waals surface area contributed by atoms with Crippen LogP contribution in [-0.2, 0) is 11.2 Å². The van der Waals surface area contributed by atoms with E-state index < -0.39 is 0 Å². The lowest BCUT2D eigenvalue weighted by atomic mass is 9.97. The first kappa shape index (κ1) is 10.5. The van der Waals surface area contributed by atoms with Gasteiger partial charge in [0.1, 0.15) is 11.9 Å². The summed E-state index contributed by atoms with van der Waals surface area (Å²) in [6, 6.07) is 6.41. The van der Waals surface area contributed by atoms with Crippen LogP contribution in [0.15, 0.2) is 23.2 Å². The molecule has 0 fully saturated rings. The lowest BCUT2D eigenvalue weighted by Crippen LogP contribution is -2.31. The summed E-state index contributed by atoms with van der Waals surface area (Å²) in [5.41, 5.74) is 2.71. The molecule has 0 aliphatic carbocycles. The standard InChI is InChI=1S/C12H13IN2O/c13-10-3-1-2-9-8(10)4-7-16-11(9)12-14-5-6-15-12/h1-3,11H,4-7H2,(H,14,15). The van der Waals surface area contributed by atoms with Gasteiger partial charge in [-0.25, -0.2) is 0 Å². The van der Waals surface area contributed by atoms with Crippen molar-refractivity contribution in [2.24, 2.45) is 4.99 Å². The van der Waals surface area contributed by atoms with E-state index in [-0.39, 0.29) is 6.10 Å². The van der Waals surface area contributed by atoms with E-state index in [1.54, 1.807) is 0 Å². The number of nitrogens with zero attached hydrogens (tertiary/aromatic N) is 1. The molecule has 3 nitrogen and oxygen atoms in total. The van der Waals surface area contributed by atoms with E-state index in [2.05, 4.69) is 51.1 Å². The number of nitrogens with one attached hydrogen (secondary N) is 1. The maximum Gasteiger partial charge on any atom is 0.140 e. The van der Waals surface area contributed by atoms with Crippen molar-refractivity contribution >= 4 is 28.4 Å². The topological polar surface area (TPSA) is 33.6 Å². The Balaban J connectivity index is 2.02. The number of aliphatic imine (C=N–C) groups is 1. The van der Waals surface area contributed by atoms with Gasteiger partial charge in [-0.15, -0.1) is 0 Å². The van der Waals surface area contributed by atoms with Gasteiger partial charge in [-0.1, -0.05) is 12.1 Å². The van der Waals surface area contributed by atoms with Gasteiger partial charge in [0.25, 0.3) is 0 Å². The highest BCUT2D eigenvalue weighted by Gasteiger charge is 2.27. The predicted molar refractivity (Wildman–Crippen MR) is 71.9 cm³/mol. The van der Waals surface area contributed by atoms with Crippen molar-refractivity contribution in [3.63, 3.8) is 0 Å². The minimum absolute atomic E-state index is 0.0287. The van der Waals surface area contributed by atoms with Crippen molar-refractivity contribution < 1.29 is 4.74 Å². The van der Waals surface area contributed by atoms with Crippen LogP contribution in [0.2, 0.25) is 0 Å². The van der Waals surface area contributed by atoms with Gasteiger partial charge in [0.2, 0.25) is 0 Å². The van der Waals surface area contributed by atoms with E-state index in [4.69, 9.17) is 4.74 Å². The third kappa shape index (κ3) is 1.73. The first-order chi connectivity index (χ1) is 7.86. The van der Waals surface area contributed by atoms with Crippen LogP contribution >= 0.6 is 22.6 Å². The average molecular weight is 328 g/mol. The smallest absolute Gasteiger partial charge is 0.140 e. The van der Waals surface area contributed by atoms with Gasteiger partial charge in [0, 0.05) is 10.1 Å². The second-order valence-electron chi connectivity index (χ2n) is 4.00. The van der Waals surface area contributed by atoms with Crippen molar-refractivity contribution in [2.75, 3.05) is 19.7 Å². The van der Waals surface area contributed by atoms with E-state index in [0.717, 1.165) is 32.0 Å². The number of hydrogen-bond acceptors (Lipinski definition) is 3. The summed E-state index contributed by atoms with van der Waals surface area (Å²) in [4.78, 5) is 4.47. The Labute approximate surface area is 108 Å². The van der Waals surface area contributed by atoms with E-state index in [0.29, 0.717) is 0 Å². The van der Waals surface area contributed by atoms with Crippen LogP contribution in [0.1, 0.15) is 17.2 Å². The quantitative estimate of drug-likeness (QED) is 0.799. The highest BCUT2D eigenvalue weighted by atomic mass is 127. The molecule has 0 aromatic heterocycles. The fraction of sp³-hybridized carbons (Fsp3) is 0.417. The van der Waals surface area contributed by atoms with Crippen molar-refractivity contribution in [2.45, 2.75) is 12.5 Å². The van der Waals surface area contributed by atoms with E-state index >= 15 is 0 Å². The largest absolute Gasteiger partial charge is 0.369 e. The minimum atomic E-state index is 0.0287. The zero-order valence-electron chi connectivity index (χ0n) is 8.87. The second-order valence-corrected chi connectivity index (χ2v) is 5.16. The Hall–Kier alpha value is -0.620. The summed E-state index contributed by atoms with van der Waals surface area (Å²) in [5.74, 6) is 1.00. The number of halogens is 1. The second kappa shape index (κ2) is 4.33. The van der Waals surface area contributed by atoms with Gasteiger partial charge < -0.3 is 10.1 Å². The molecule has 16 heavy (non-hydrogen) atoms. The summed E-state index contributed by atoms with van der Waals surface area (Å²) in [6.07, 6.45) is 1.04. The van der Waals surface area contributed by atoms with Crippen LogP contribution in [0.3, 0.4) is 0 Å². The number of rotatable bonds is 1. The summed E-state index contributed by atoms with van der Waals surface area (Å²) in [6.45, 7) is 2.60. The summed E-state index contributed by atoms with van der Waals surface area (Å²) < 4.78 is 7.18. The lowest BCUT2D eigenvalue weighted by Gasteiger charge is -2.27. The maximum absolute atomic E-state index is 5.85. The molecule has 0 spiro atoms. The molecule has 1 atom stereocenters. The van der Waals surface area contributed by atoms with E-state index in [9.17, 15) is 0 Å². The van der Waals surface area contributed by atoms with Crippen LogP contribution < -0.4 is 5.32 Å². The molecule has 3 rings (SSSR count). The Morgan fingerprint density at radius 3 is 3.19 bits per heavy atom. The molecule has 2 heterocycles. The number of ether oxygens (including phenoxy) is 1. The Kier molecular flexibility index (Phi) is 2.85. The first-order valence-electron chi connectivity index (χ1n) is 5.53. The van der Waals surface area contributed by atoms with Gasteiger partial charge >= 0.3 is 0 Å². The number of amidine groups is 1. The highest BCUT2D eigenvalue weighted by Crippen LogP contribution is 2.31. The monoisotopic (exact) mass is 328 g/mol. The number of fused-ring (bicyclic) bond motifs is 1. The van der Waals surface area contributed by atoms with Crippen molar-refractivity contribution in [1.82, 2.24) is 5.32 Å². The Morgan fingerprint density at radius 1 is 1.44 bits per heavy atom. The SMILES string of the molecule is Ic1cccc2c1CCOC2C1=NCCN1. The fourth-order valence-electron chi connectivity index (χ4n) is 2.27. The third-order valence-corrected chi connectivity index (χ3v) is 4.03. The number of benzene rings is 1. The Bertz CT molecular complexity index is 445. The lowest BCUT2D eigenvalue weighted by molar-refractivity contribution is 0.0858. The summed E-state index contributed by atoms with van der Waals surface area (Å²) in [5, 5.41) is 3.31. The molecule has 4 heteroatoms. The zero-order chi connectivity index (χ0) is 11.0. The van der Waals surface area contributed by atoms with Crippen LogP contribution in [0.25, 0.3) is 0 Å². The number of hydrogen-bond donors (Lipinski definition) is 1. The van der Waals surface area contributed by atoms with Gasteiger partial charge in [0.05, 0.1) is 13.2 Å². The zero-order valence-corrected chi connectivity index (χ0v) is 11.0. The molecule has 84 valence electrons. The molecule has 1 unspecified atom stereocenters. The van der Waals surface area contributed by atoms with Crippen molar-refractivity contribution in [3.8, 4) is 0 Å². The van der Waals surface area contributed by atoms with Crippen LogP contribution in [0, 0.1) is 3.57 Å². The van der Waals surface area contributed by atoms with Crippen molar-refractivity contribution in [3.05, 3.63) is 32.9 Å². The average Bonchev–Trinajstić information content (AvgIpc) is 2.82. The molecule has 1 N–H and O–H groups in total. The van der Waals surface area contributed by atoms with Crippen LogP contribution in [-0.4, -0.2) is 25.5 Å². The van der Waals surface area contributed by atoms with Crippen LogP contribution in [0.4, 0.5) is 0 Å². The first-order valence-corrected chi connectivity index (χ1v) is 6.61. The van der Waals surface area contributed by atoms with Gasteiger partial charge in [-0.2, -0.15) is 0 Å². The fourth-order valence-corrected chi connectivity index (χ4v) is 3.06. The molecule has 2 aliphatic heterocycles. The highest BCUT2D eigenvalue weighted by molar-refractivity contribution is 14.1. The van der Waals surface area contributed by atoms with Crippen molar-refractivity contribution in [1.29, 1.82) is 0 Å². The molecule has 0 radical (unpaired) electrons. The maximum atomic E-state index is 5.85. The summed E-state index contributed by atoms with van der Waals surface area (Å²) in [7, 11) is 0. The third-order valence-electron chi connectivity index (χ3n) is 3.02. The molecule has 0 saturated carbocycles. The van der Waals surface area contributed by atoms with Gasteiger partial charge in [-0.05, 0) is 46.2 Å². The molecule has 1 aromatic rings. The van der Waals surface area contributed by atoms with E-state index in [1.165, 1.54) is 14.7 Å². The summed E-state index contributed by atoms with van der Waals surface area (Å²) >= 11 is 2.40. The van der Waals surface area contributed by atoms with Gasteiger partial charge in [0.15, 0.2) is 0 Å². The molecule has 2 aliphatic rings. The van der Waals surface area contributed by atoms with Crippen LogP contribution in [0.5, 0.6) is 0 Å². The molecular formula is C12H13IN2O. The molecule has 0 saturated heterocycles. The van der Waals surface area contributed by atoms with Gasteiger partial charge in [-0.3, -0.25) is 4.99 Å². The Morgan fingerprint density at radius 2 is 2.38 bits per heavy atom. The molecule has 0 amide bonds. The molecule has 0 bridgehead atoms. The molecule has 1 aromatic carbocycles. The predicted octanol–water partition coefficient (Wildman–Crippen LogP) is 1.91. The minimum Gasteiger partial charge on any atom is -0.369 e. The molecular weight excluding hydrogens is 315 g/mol. The normalized spacial score (nSPS) is 23.6.